The first-order chi connectivity index (χ1) is 26.0. The molecular formula is C60H125NSi. The van der Waals surface area contributed by atoms with E-state index in [9.17, 15) is 0 Å². The van der Waals surface area contributed by atoms with Crippen LogP contribution in [0.2, 0.25) is 24.7 Å². The molecule has 2 aromatic carbocycles. The summed E-state index contributed by atoms with van der Waals surface area (Å²) in [5.74, 6) is 2.05. The van der Waals surface area contributed by atoms with Crippen molar-refractivity contribution in [3.8, 4) is 6.07 Å². The van der Waals surface area contributed by atoms with Crippen molar-refractivity contribution in [2.45, 2.75) is 284 Å². The predicted octanol–water partition coefficient (Wildman–Crippen LogP) is 22.6. The molecular weight excluding hydrogens is 763 g/mol. The molecule has 0 bridgehead atoms. The molecule has 0 heterocycles. The van der Waals surface area contributed by atoms with E-state index in [0.29, 0.717) is 28.2 Å². The Morgan fingerprint density at radius 3 is 0.871 bits per heavy atom. The lowest BCUT2D eigenvalue weighted by Crippen LogP contribution is -2.32. The molecule has 0 spiro atoms. The highest BCUT2D eigenvalue weighted by atomic mass is 28.3. The van der Waals surface area contributed by atoms with Gasteiger partial charge in [0, 0.05) is 16.2 Å². The number of nitrogens with zero attached hydrogens (tertiary/aromatic N) is 1. The van der Waals surface area contributed by atoms with Crippen LogP contribution in [0.5, 0.6) is 0 Å². The maximum absolute atomic E-state index is 8.15. The van der Waals surface area contributed by atoms with E-state index in [1.165, 1.54) is 11.1 Å². The van der Waals surface area contributed by atoms with E-state index in [-0.39, 0.29) is 57.7 Å². The molecule has 0 aromatic heterocycles. The summed E-state index contributed by atoms with van der Waals surface area (Å²) < 4.78 is 14.5. The number of benzene rings is 2. The normalized spacial score (nSPS) is 12.0. The summed E-state index contributed by atoms with van der Waals surface area (Å²) in [6.07, 6.45) is 0. The minimum absolute atomic E-state index is 0. The molecule has 0 aliphatic rings. The number of hydrogen-bond acceptors (Lipinski definition) is 1. The van der Waals surface area contributed by atoms with Crippen LogP contribution in [-0.4, -0.2) is 8.07 Å². The fourth-order valence-electron chi connectivity index (χ4n) is 3.76. The van der Waals surface area contributed by atoms with Crippen molar-refractivity contribution in [2.75, 3.05) is 0 Å². The number of nitriles is 1. The quantitative estimate of drug-likeness (QED) is 0.282. The molecule has 0 aliphatic carbocycles. The van der Waals surface area contributed by atoms with E-state index in [4.69, 9.17) is 8.00 Å². The second kappa shape index (κ2) is 35.4. The van der Waals surface area contributed by atoms with Crippen molar-refractivity contribution in [2.24, 2.45) is 28.5 Å². The van der Waals surface area contributed by atoms with Crippen molar-refractivity contribution in [3.05, 3.63) is 70.3 Å². The van der Waals surface area contributed by atoms with Crippen LogP contribution >= 0.6 is 0 Å². The van der Waals surface area contributed by atoms with Crippen LogP contribution < -0.4 is 0 Å². The molecule has 62 heavy (non-hydrogen) atoms. The molecule has 0 N–H and O–H groups in total. The molecule has 2 rings (SSSR count). The molecule has 0 unspecified atom stereocenters. The molecule has 374 valence electrons. The van der Waals surface area contributed by atoms with Gasteiger partial charge in [-0.05, 0) is 105 Å². The summed E-state index contributed by atoms with van der Waals surface area (Å²) in [4.78, 5) is 0. The zero-order valence-corrected chi connectivity index (χ0v) is 46.8. The van der Waals surface area contributed by atoms with Gasteiger partial charge >= 0.3 is 0 Å². The number of rotatable bonds is 3. The smallest absolute Gasteiger partial charge is 0.0680 e. The van der Waals surface area contributed by atoms with E-state index in [1.807, 2.05) is 55.4 Å². The molecule has 0 amide bonds. The molecule has 0 aliphatic heterocycles. The summed E-state index contributed by atoms with van der Waals surface area (Å²) in [5.41, 5.74) is 8.00. The molecule has 1 nitrogen and oxygen atoms in total. The average molecular weight is 891 g/mol. The van der Waals surface area contributed by atoms with Gasteiger partial charge in [0.1, 0.15) is 0 Å². The lowest BCUT2D eigenvalue weighted by Gasteiger charge is -2.32. The maximum Gasteiger partial charge on any atom is 0.0680 e. The molecule has 0 atom stereocenters. The zero-order chi connectivity index (χ0) is 49.9. The van der Waals surface area contributed by atoms with E-state index in [2.05, 4.69) is 214 Å². The Morgan fingerprint density at radius 2 is 0.758 bits per heavy atom. The highest BCUT2D eigenvalue weighted by Gasteiger charge is 2.29. The first-order valence-electron chi connectivity index (χ1n) is 23.6. The Hall–Kier alpha value is -1.85. The SMILES string of the molecule is C.C.C.C.CC(C)(C)C#N.CC(C)(C)[Si](C)(C)C.CC(C)(C)c1ccccc1.CC(C)C.CC(C)c1cc(C(C)C)c(C(C)(C)C)c(C(C)C)c1.[2H]C(C)(C)C.[2H]C(C)(C)C(C)(C)C. The molecule has 0 fully saturated rings. The van der Waals surface area contributed by atoms with Crippen LogP contribution in [0.3, 0.4) is 0 Å². The van der Waals surface area contributed by atoms with Crippen LogP contribution in [0.1, 0.15) is 279 Å². The standard InChI is InChI=1S/C19H32.C10H14.C7H18Si.C7H16.C5H9N.2C4H10.4CH4/c1-12(2)15-10-16(13(3)4)18(19(7,8)9)17(11-15)14(5)6;1-10(2,3)9-7-5-4-6-8-9;1-7(2,3)8(4,5)6;1-6(2)7(3,4)5;1-5(2,3)4-6;2*1-4(2)3;;;;/h10-14H,1-9H3;4-8H,1-3H3;1-6H3;6H,1-5H3;1-3H3;2*4H,1-3H3;4*1H4/i;;;6D;;4D;;;;;. The van der Waals surface area contributed by atoms with Gasteiger partial charge in [0.25, 0.3) is 0 Å². The third-order valence-electron chi connectivity index (χ3n) is 9.61. The van der Waals surface area contributed by atoms with E-state index in [1.54, 1.807) is 16.7 Å². The van der Waals surface area contributed by atoms with Gasteiger partial charge in [-0.1, -0.05) is 272 Å². The first kappa shape index (κ1) is 74.5. The van der Waals surface area contributed by atoms with Gasteiger partial charge in [-0.3, -0.25) is 0 Å². The minimum Gasteiger partial charge on any atom is -0.198 e. The Balaban J connectivity index is -0.0000000834. The van der Waals surface area contributed by atoms with Gasteiger partial charge < -0.3 is 0 Å². The molecule has 2 heteroatoms. The number of hydrogen-bond donors (Lipinski definition) is 0. The maximum atomic E-state index is 8.15. The monoisotopic (exact) mass is 890 g/mol. The average Bonchev–Trinajstić information content (AvgIpc) is 2.97. The summed E-state index contributed by atoms with van der Waals surface area (Å²) in [5, 5.41) is 8.73. The van der Waals surface area contributed by atoms with Crippen molar-refractivity contribution >= 4 is 8.07 Å². The highest BCUT2D eigenvalue weighted by molar-refractivity contribution is 6.78. The lowest BCUT2D eigenvalue weighted by atomic mass is 9.74. The minimum atomic E-state index is -0.859. The molecule has 0 radical (unpaired) electrons. The van der Waals surface area contributed by atoms with Gasteiger partial charge in [0.15, 0.2) is 0 Å². The second-order valence-electron chi connectivity index (χ2n) is 24.7. The van der Waals surface area contributed by atoms with Crippen molar-refractivity contribution < 1.29 is 2.74 Å². The van der Waals surface area contributed by atoms with E-state index < -0.39 is 8.07 Å². The Labute approximate surface area is 403 Å². The second-order valence-corrected chi connectivity index (χ2v) is 30.7. The molecule has 2 aromatic rings. The Morgan fingerprint density at radius 1 is 0.516 bits per heavy atom. The summed E-state index contributed by atoms with van der Waals surface area (Å²) in [6, 6.07) is 17.5. The van der Waals surface area contributed by atoms with Crippen LogP contribution in [0, 0.1) is 39.9 Å². The fourth-order valence-corrected chi connectivity index (χ4v) is 3.76. The summed E-state index contributed by atoms with van der Waals surface area (Å²) in [7, 11) is -0.859. The van der Waals surface area contributed by atoms with E-state index in [0.717, 1.165) is 5.92 Å². The Bertz CT molecular complexity index is 1330. The lowest BCUT2D eigenvalue weighted by molar-refractivity contribution is 0.283. The fraction of sp³-hybridized carbons (Fsp3) is 0.783. The van der Waals surface area contributed by atoms with Crippen molar-refractivity contribution in [1.82, 2.24) is 0 Å². The van der Waals surface area contributed by atoms with Crippen molar-refractivity contribution in [1.29, 1.82) is 5.26 Å². The van der Waals surface area contributed by atoms with Crippen LogP contribution in [0.15, 0.2) is 42.5 Å². The topological polar surface area (TPSA) is 23.8 Å². The summed E-state index contributed by atoms with van der Waals surface area (Å²) >= 11 is 0. The van der Waals surface area contributed by atoms with Crippen LogP contribution in [-0.2, 0) is 10.8 Å². The van der Waals surface area contributed by atoms with E-state index >= 15 is 0 Å². The van der Waals surface area contributed by atoms with Gasteiger partial charge in [-0.25, -0.2) is 0 Å². The highest BCUT2D eigenvalue weighted by Crippen LogP contribution is 2.39. The first-order valence-corrected chi connectivity index (χ1v) is 26.1. The molecule has 0 saturated carbocycles. The van der Waals surface area contributed by atoms with Gasteiger partial charge in [0.2, 0.25) is 0 Å². The Kier molecular flexibility index (Phi) is 42.5. The summed E-state index contributed by atoms with van der Waals surface area (Å²) in [6.45, 7) is 69.6. The van der Waals surface area contributed by atoms with Gasteiger partial charge in [-0.2, -0.15) is 5.26 Å². The third kappa shape index (κ3) is 46.1. The largest absolute Gasteiger partial charge is 0.198 e. The molecule has 0 saturated heterocycles. The van der Waals surface area contributed by atoms with Gasteiger partial charge in [-0.15, -0.1) is 0 Å². The predicted molar refractivity (Wildman–Crippen MR) is 303 cm³/mol. The van der Waals surface area contributed by atoms with Gasteiger partial charge in [0.05, 0.1) is 6.07 Å². The zero-order valence-electron chi connectivity index (χ0n) is 47.8. The van der Waals surface area contributed by atoms with Crippen LogP contribution in [0.25, 0.3) is 0 Å². The van der Waals surface area contributed by atoms with Crippen molar-refractivity contribution in [3.63, 3.8) is 0 Å². The van der Waals surface area contributed by atoms with Crippen LogP contribution in [0.4, 0.5) is 0 Å². The third-order valence-corrected chi connectivity index (χ3v) is 14.1.